The zero-order valence-electron chi connectivity index (χ0n) is 6.85. The van der Waals surface area contributed by atoms with Crippen molar-refractivity contribution in [3.8, 4) is 0 Å². The van der Waals surface area contributed by atoms with Crippen LogP contribution < -0.4 is 4.90 Å². The molecule has 2 rings (SSSR count). The second kappa shape index (κ2) is 3.11. The summed E-state index contributed by atoms with van der Waals surface area (Å²) in [6.45, 7) is 1.63. The second-order valence-corrected chi connectivity index (χ2v) is 3.08. The van der Waals surface area contributed by atoms with Gasteiger partial charge in [-0.25, -0.2) is 4.98 Å². The number of nitrogens with zero attached hydrogens (tertiary/aromatic N) is 2. The van der Waals surface area contributed by atoms with Gasteiger partial charge < -0.3 is 10.0 Å². The molecule has 0 aliphatic carbocycles. The van der Waals surface area contributed by atoms with Crippen molar-refractivity contribution in [1.29, 1.82) is 0 Å². The third-order valence-electron chi connectivity index (χ3n) is 2.14. The molecule has 1 aromatic heterocycles. The van der Waals surface area contributed by atoms with Crippen LogP contribution >= 0.6 is 0 Å². The number of pyridine rings is 1. The lowest BCUT2D eigenvalue weighted by atomic mass is 10.3. The summed E-state index contributed by atoms with van der Waals surface area (Å²) in [5.41, 5.74) is 0. The Balaban J connectivity index is 2.11. The fourth-order valence-corrected chi connectivity index (χ4v) is 1.49. The molecule has 0 spiro atoms. The topological polar surface area (TPSA) is 36.4 Å². The largest absolute Gasteiger partial charge is 0.391 e. The summed E-state index contributed by atoms with van der Waals surface area (Å²) in [5.74, 6) is 0.967. The van der Waals surface area contributed by atoms with Gasteiger partial charge in [-0.2, -0.15) is 0 Å². The van der Waals surface area contributed by atoms with Crippen LogP contribution in [0.2, 0.25) is 0 Å². The number of anilines is 1. The van der Waals surface area contributed by atoms with Crippen molar-refractivity contribution in [2.45, 2.75) is 12.5 Å². The van der Waals surface area contributed by atoms with Gasteiger partial charge in [-0.15, -0.1) is 0 Å². The molecular formula is C9H12N2O. The Hall–Kier alpha value is -1.09. The molecule has 1 aliphatic heterocycles. The van der Waals surface area contributed by atoms with Gasteiger partial charge in [0.15, 0.2) is 0 Å². The number of hydrogen-bond donors (Lipinski definition) is 1. The minimum absolute atomic E-state index is 0.174. The highest BCUT2D eigenvalue weighted by Gasteiger charge is 2.20. The van der Waals surface area contributed by atoms with Crippen LogP contribution in [-0.2, 0) is 0 Å². The number of β-amino-alcohol motifs (C(OH)–C–C–N with tert-alkyl or cyclic N) is 1. The van der Waals surface area contributed by atoms with Crippen LogP contribution in [0.1, 0.15) is 6.42 Å². The molecule has 0 saturated carbocycles. The second-order valence-electron chi connectivity index (χ2n) is 3.08. The van der Waals surface area contributed by atoms with Crippen LogP contribution in [-0.4, -0.2) is 29.3 Å². The Bertz CT molecular complexity index is 250. The lowest BCUT2D eigenvalue weighted by molar-refractivity contribution is 0.198. The minimum atomic E-state index is -0.174. The summed E-state index contributed by atoms with van der Waals surface area (Å²) in [7, 11) is 0. The van der Waals surface area contributed by atoms with Crippen molar-refractivity contribution in [2.75, 3.05) is 18.0 Å². The van der Waals surface area contributed by atoms with Crippen molar-refractivity contribution < 1.29 is 5.11 Å². The first-order chi connectivity index (χ1) is 5.86. The van der Waals surface area contributed by atoms with Crippen molar-refractivity contribution in [3.63, 3.8) is 0 Å². The highest BCUT2D eigenvalue weighted by Crippen LogP contribution is 2.16. The van der Waals surface area contributed by atoms with E-state index in [1.165, 1.54) is 0 Å². The lowest BCUT2D eigenvalue weighted by Gasteiger charge is -2.15. The standard InChI is InChI=1S/C9H12N2O/c12-8-4-6-11(7-8)9-3-1-2-5-10-9/h1-3,5,8,12H,4,6-7H2/t8-/m1/s1. The SMILES string of the molecule is O[C@@H]1CCN(c2ccccn2)C1. The van der Waals surface area contributed by atoms with E-state index in [1.807, 2.05) is 18.2 Å². The molecule has 1 aromatic rings. The van der Waals surface area contributed by atoms with E-state index in [1.54, 1.807) is 6.20 Å². The minimum Gasteiger partial charge on any atom is -0.391 e. The van der Waals surface area contributed by atoms with Gasteiger partial charge in [0, 0.05) is 19.3 Å². The quantitative estimate of drug-likeness (QED) is 0.662. The van der Waals surface area contributed by atoms with Crippen molar-refractivity contribution in [3.05, 3.63) is 24.4 Å². The van der Waals surface area contributed by atoms with Crippen LogP contribution in [0.4, 0.5) is 5.82 Å². The molecule has 1 saturated heterocycles. The van der Waals surface area contributed by atoms with Crippen LogP contribution in [0.3, 0.4) is 0 Å². The van der Waals surface area contributed by atoms with E-state index in [4.69, 9.17) is 0 Å². The zero-order chi connectivity index (χ0) is 8.39. The summed E-state index contributed by atoms with van der Waals surface area (Å²) in [6, 6.07) is 5.83. The lowest BCUT2D eigenvalue weighted by Crippen LogP contribution is -2.21. The van der Waals surface area contributed by atoms with E-state index < -0.39 is 0 Å². The highest BCUT2D eigenvalue weighted by atomic mass is 16.3. The highest BCUT2D eigenvalue weighted by molar-refractivity contribution is 5.38. The predicted molar refractivity (Wildman–Crippen MR) is 47.1 cm³/mol. The normalized spacial score (nSPS) is 23.1. The molecule has 1 fully saturated rings. The summed E-state index contributed by atoms with van der Waals surface area (Å²) >= 11 is 0. The molecule has 0 amide bonds. The molecule has 0 radical (unpaired) electrons. The molecule has 0 unspecified atom stereocenters. The molecule has 3 nitrogen and oxygen atoms in total. The van der Waals surface area contributed by atoms with Crippen molar-refractivity contribution in [1.82, 2.24) is 4.98 Å². The van der Waals surface area contributed by atoms with E-state index in [9.17, 15) is 5.11 Å². The maximum atomic E-state index is 9.29. The molecule has 1 N–H and O–H groups in total. The van der Waals surface area contributed by atoms with Gasteiger partial charge >= 0.3 is 0 Å². The summed E-state index contributed by atoms with van der Waals surface area (Å²) in [5, 5.41) is 9.29. The molecule has 64 valence electrons. The molecule has 1 atom stereocenters. The fraction of sp³-hybridized carbons (Fsp3) is 0.444. The molecule has 12 heavy (non-hydrogen) atoms. The Labute approximate surface area is 71.7 Å². The van der Waals surface area contributed by atoms with E-state index in [0.717, 1.165) is 25.3 Å². The number of aliphatic hydroxyl groups excluding tert-OH is 1. The summed E-state index contributed by atoms with van der Waals surface area (Å²) in [4.78, 5) is 6.31. The van der Waals surface area contributed by atoms with Crippen LogP contribution in [0.5, 0.6) is 0 Å². The van der Waals surface area contributed by atoms with Crippen molar-refractivity contribution in [2.24, 2.45) is 0 Å². The Kier molecular flexibility index (Phi) is 1.96. The number of hydrogen-bond acceptors (Lipinski definition) is 3. The first kappa shape index (κ1) is 7.55. The van der Waals surface area contributed by atoms with Gasteiger partial charge in [-0.05, 0) is 18.6 Å². The Morgan fingerprint density at radius 1 is 1.50 bits per heavy atom. The fourth-order valence-electron chi connectivity index (χ4n) is 1.49. The molecule has 0 aromatic carbocycles. The number of aliphatic hydroxyl groups is 1. The number of aromatic nitrogens is 1. The van der Waals surface area contributed by atoms with E-state index >= 15 is 0 Å². The maximum Gasteiger partial charge on any atom is 0.128 e. The van der Waals surface area contributed by atoms with E-state index in [-0.39, 0.29) is 6.10 Å². The Morgan fingerprint density at radius 2 is 2.42 bits per heavy atom. The number of rotatable bonds is 1. The van der Waals surface area contributed by atoms with E-state index in [2.05, 4.69) is 9.88 Å². The van der Waals surface area contributed by atoms with E-state index in [0.29, 0.717) is 0 Å². The van der Waals surface area contributed by atoms with Gasteiger partial charge in [-0.3, -0.25) is 0 Å². The third kappa shape index (κ3) is 1.41. The average molecular weight is 164 g/mol. The first-order valence-electron chi connectivity index (χ1n) is 4.20. The predicted octanol–water partition coefficient (Wildman–Crippen LogP) is 0.653. The smallest absolute Gasteiger partial charge is 0.128 e. The summed E-state index contributed by atoms with van der Waals surface area (Å²) in [6.07, 6.45) is 2.46. The first-order valence-corrected chi connectivity index (χ1v) is 4.20. The maximum absolute atomic E-state index is 9.29. The van der Waals surface area contributed by atoms with Gasteiger partial charge in [0.2, 0.25) is 0 Å². The van der Waals surface area contributed by atoms with Crippen LogP contribution in [0.25, 0.3) is 0 Å². The zero-order valence-corrected chi connectivity index (χ0v) is 6.85. The summed E-state index contributed by atoms with van der Waals surface area (Å²) < 4.78 is 0. The monoisotopic (exact) mass is 164 g/mol. The van der Waals surface area contributed by atoms with Gasteiger partial charge in [0.1, 0.15) is 5.82 Å². The van der Waals surface area contributed by atoms with Crippen molar-refractivity contribution >= 4 is 5.82 Å². The molecule has 1 aliphatic rings. The van der Waals surface area contributed by atoms with Gasteiger partial charge in [0.25, 0.3) is 0 Å². The molecule has 3 heteroatoms. The van der Waals surface area contributed by atoms with Gasteiger partial charge in [0.05, 0.1) is 6.10 Å². The molecule has 0 bridgehead atoms. The molecular weight excluding hydrogens is 152 g/mol. The third-order valence-corrected chi connectivity index (χ3v) is 2.14. The van der Waals surface area contributed by atoms with Crippen LogP contribution in [0, 0.1) is 0 Å². The average Bonchev–Trinajstić information content (AvgIpc) is 2.54. The molecule has 2 heterocycles. The van der Waals surface area contributed by atoms with Gasteiger partial charge in [-0.1, -0.05) is 6.07 Å². The Morgan fingerprint density at radius 3 is 3.00 bits per heavy atom. The van der Waals surface area contributed by atoms with Crippen LogP contribution in [0.15, 0.2) is 24.4 Å².